The molecule has 6 nitrogen and oxygen atoms in total. The highest BCUT2D eigenvalue weighted by Gasteiger charge is 2.31. The van der Waals surface area contributed by atoms with Crippen LogP contribution in [-0.2, 0) is 4.74 Å². The molecular formula is C15H26N4O2. The first-order valence-electron chi connectivity index (χ1n) is 7.99. The van der Waals surface area contributed by atoms with Crippen molar-refractivity contribution in [2.75, 3.05) is 18.8 Å². The maximum Gasteiger partial charge on any atom is 0.287 e. The van der Waals surface area contributed by atoms with Crippen LogP contribution in [0.1, 0.15) is 45.6 Å². The third kappa shape index (κ3) is 3.16. The minimum atomic E-state index is -0.173. The molecule has 21 heavy (non-hydrogen) atoms. The number of aromatic nitrogens is 2. The molecule has 0 bridgehead atoms. The van der Waals surface area contributed by atoms with E-state index >= 15 is 0 Å². The molecule has 1 aliphatic carbocycles. The number of nitrogens with two attached hydrogens (primary N) is 1. The summed E-state index contributed by atoms with van der Waals surface area (Å²) < 4.78 is 7.72. The van der Waals surface area contributed by atoms with E-state index in [0.29, 0.717) is 30.0 Å². The third-order valence-corrected chi connectivity index (χ3v) is 4.79. The van der Waals surface area contributed by atoms with Gasteiger partial charge in [0.25, 0.3) is 5.56 Å². The van der Waals surface area contributed by atoms with E-state index in [1.807, 2.05) is 4.68 Å². The van der Waals surface area contributed by atoms with Crippen molar-refractivity contribution in [3.05, 3.63) is 16.6 Å². The lowest BCUT2D eigenvalue weighted by Gasteiger charge is -2.42. The van der Waals surface area contributed by atoms with Gasteiger partial charge in [0.15, 0.2) is 0 Å². The van der Waals surface area contributed by atoms with Gasteiger partial charge >= 0.3 is 0 Å². The van der Waals surface area contributed by atoms with Crippen LogP contribution in [0.15, 0.2) is 11.0 Å². The number of nitrogens with zero attached hydrogens (tertiary/aromatic N) is 2. The van der Waals surface area contributed by atoms with Crippen LogP contribution < -0.4 is 11.3 Å². The van der Waals surface area contributed by atoms with Gasteiger partial charge in [-0.15, -0.1) is 0 Å². The van der Waals surface area contributed by atoms with Crippen molar-refractivity contribution < 1.29 is 4.74 Å². The molecule has 0 amide bonds. The van der Waals surface area contributed by atoms with Crippen molar-refractivity contribution in [1.29, 1.82) is 0 Å². The highest BCUT2D eigenvalue weighted by molar-refractivity contribution is 5.30. The first-order valence-corrected chi connectivity index (χ1v) is 7.99. The molecule has 3 N–H and O–H groups in total. The quantitative estimate of drug-likeness (QED) is 0.863. The number of H-pyrrole nitrogens is 1. The number of anilines is 1. The fourth-order valence-electron chi connectivity index (χ4n) is 3.84. The third-order valence-electron chi connectivity index (χ3n) is 4.79. The number of nitrogens with one attached hydrogen (secondary N) is 1. The van der Waals surface area contributed by atoms with Crippen molar-refractivity contribution in [3.63, 3.8) is 0 Å². The van der Waals surface area contributed by atoms with Crippen LogP contribution in [0.3, 0.4) is 0 Å². The summed E-state index contributed by atoms with van der Waals surface area (Å²) >= 11 is 0. The van der Waals surface area contributed by atoms with Crippen molar-refractivity contribution >= 4 is 5.69 Å². The van der Waals surface area contributed by atoms with E-state index in [-0.39, 0.29) is 5.56 Å². The monoisotopic (exact) mass is 294 g/mol. The SMILES string of the molecule is C[C@@H]1CN(C2CCC(n3cc(N)c(=O)[nH]3)CC2)C[C@H](C)O1. The van der Waals surface area contributed by atoms with E-state index < -0.39 is 0 Å². The Morgan fingerprint density at radius 1 is 1.14 bits per heavy atom. The van der Waals surface area contributed by atoms with Crippen molar-refractivity contribution in [3.8, 4) is 0 Å². The van der Waals surface area contributed by atoms with Crippen LogP contribution in [0, 0.1) is 0 Å². The number of morpholine rings is 1. The van der Waals surface area contributed by atoms with Crippen LogP contribution in [-0.4, -0.2) is 46.0 Å². The predicted molar refractivity (Wildman–Crippen MR) is 82.3 cm³/mol. The highest BCUT2D eigenvalue weighted by Crippen LogP contribution is 2.31. The molecule has 2 fully saturated rings. The Morgan fingerprint density at radius 2 is 1.71 bits per heavy atom. The number of hydrogen-bond donors (Lipinski definition) is 2. The minimum Gasteiger partial charge on any atom is -0.393 e. The van der Waals surface area contributed by atoms with Gasteiger partial charge in [-0.25, -0.2) is 0 Å². The van der Waals surface area contributed by atoms with Crippen LogP contribution in [0.25, 0.3) is 0 Å². The van der Waals surface area contributed by atoms with Crippen molar-refractivity contribution in [1.82, 2.24) is 14.7 Å². The summed E-state index contributed by atoms with van der Waals surface area (Å²) in [5.74, 6) is 0. The lowest BCUT2D eigenvalue weighted by Crippen LogP contribution is -2.51. The fraction of sp³-hybridized carbons (Fsp3) is 0.800. The second kappa shape index (κ2) is 5.85. The lowest BCUT2D eigenvalue weighted by atomic mass is 9.89. The van der Waals surface area contributed by atoms with Gasteiger partial charge in [-0.2, -0.15) is 0 Å². The van der Waals surface area contributed by atoms with Crippen LogP contribution >= 0.6 is 0 Å². The average molecular weight is 294 g/mol. The topological polar surface area (TPSA) is 76.3 Å². The smallest absolute Gasteiger partial charge is 0.287 e. The molecule has 118 valence electrons. The Morgan fingerprint density at radius 3 is 2.24 bits per heavy atom. The fourth-order valence-corrected chi connectivity index (χ4v) is 3.84. The van der Waals surface area contributed by atoms with Crippen LogP contribution in [0.4, 0.5) is 5.69 Å². The van der Waals surface area contributed by atoms with E-state index in [4.69, 9.17) is 10.5 Å². The van der Waals surface area contributed by atoms with E-state index in [0.717, 1.165) is 25.9 Å². The molecule has 2 heterocycles. The molecule has 1 aliphatic heterocycles. The van der Waals surface area contributed by atoms with Crippen molar-refractivity contribution in [2.24, 2.45) is 0 Å². The molecule has 1 aromatic rings. The second-order valence-electron chi connectivity index (χ2n) is 6.61. The molecule has 3 rings (SSSR count). The van der Waals surface area contributed by atoms with Gasteiger partial charge < -0.3 is 10.5 Å². The van der Waals surface area contributed by atoms with Gasteiger partial charge in [0.1, 0.15) is 5.69 Å². The Hall–Kier alpha value is -1.27. The number of rotatable bonds is 2. The van der Waals surface area contributed by atoms with E-state index in [2.05, 4.69) is 23.8 Å². The molecule has 0 radical (unpaired) electrons. The van der Waals surface area contributed by atoms with Crippen molar-refractivity contribution in [2.45, 2.75) is 63.8 Å². The van der Waals surface area contributed by atoms with E-state index in [1.54, 1.807) is 6.20 Å². The number of ether oxygens (including phenoxy) is 1. The standard InChI is InChI=1S/C15H26N4O2/c1-10-7-18(8-11(2)21-10)12-3-5-13(6-4-12)19-9-14(16)15(20)17-19/h9-13H,3-8,16H2,1-2H3,(H,17,20)/t10-,11+,12?,13?. The van der Waals surface area contributed by atoms with Gasteiger partial charge in [-0.1, -0.05) is 0 Å². The molecule has 0 unspecified atom stereocenters. The van der Waals surface area contributed by atoms with Crippen LogP contribution in [0.5, 0.6) is 0 Å². The van der Waals surface area contributed by atoms with E-state index in [1.165, 1.54) is 12.8 Å². The minimum absolute atomic E-state index is 0.173. The maximum atomic E-state index is 11.4. The number of hydrogen-bond acceptors (Lipinski definition) is 4. The number of aromatic amines is 1. The Bertz CT molecular complexity index is 520. The first-order chi connectivity index (χ1) is 10.0. The molecule has 2 atom stereocenters. The Balaban J connectivity index is 1.58. The van der Waals surface area contributed by atoms with Gasteiger partial charge in [0.2, 0.25) is 0 Å². The Labute approximate surface area is 125 Å². The normalized spacial score (nSPS) is 35.0. The summed E-state index contributed by atoms with van der Waals surface area (Å²) in [6, 6.07) is 1.02. The molecule has 0 aromatic carbocycles. The second-order valence-corrected chi connectivity index (χ2v) is 6.61. The highest BCUT2D eigenvalue weighted by atomic mass is 16.5. The van der Waals surface area contributed by atoms with Gasteiger partial charge in [-0.05, 0) is 39.5 Å². The average Bonchev–Trinajstić information content (AvgIpc) is 2.78. The zero-order valence-electron chi connectivity index (χ0n) is 12.9. The molecule has 1 saturated carbocycles. The summed E-state index contributed by atoms with van der Waals surface area (Å²) in [6.45, 7) is 6.38. The molecule has 1 saturated heterocycles. The molecule has 1 aromatic heterocycles. The van der Waals surface area contributed by atoms with Gasteiger partial charge in [0.05, 0.1) is 24.4 Å². The summed E-state index contributed by atoms with van der Waals surface area (Å²) in [7, 11) is 0. The number of nitrogen functional groups attached to an aromatic ring is 1. The zero-order valence-corrected chi connectivity index (χ0v) is 12.9. The molecular weight excluding hydrogens is 268 g/mol. The molecule has 0 spiro atoms. The largest absolute Gasteiger partial charge is 0.393 e. The summed E-state index contributed by atoms with van der Waals surface area (Å²) in [4.78, 5) is 14.0. The van der Waals surface area contributed by atoms with Gasteiger partial charge in [-0.3, -0.25) is 19.5 Å². The summed E-state index contributed by atoms with van der Waals surface area (Å²) in [6.07, 6.45) is 6.92. The van der Waals surface area contributed by atoms with Gasteiger partial charge in [0, 0.05) is 19.1 Å². The van der Waals surface area contributed by atoms with E-state index in [9.17, 15) is 4.79 Å². The summed E-state index contributed by atoms with van der Waals surface area (Å²) in [5.41, 5.74) is 5.78. The molecule has 6 heteroatoms. The van der Waals surface area contributed by atoms with Crippen LogP contribution in [0.2, 0.25) is 0 Å². The lowest BCUT2D eigenvalue weighted by molar-refractivity contribution is -0.0852. The predicted octanol–water partition coefficient (Wildman–Crippen LogP) is 1.35. The summed E-state index contributed by atoms with van der Waals surface area (Å²) in [5, 5.41) is 2.83. The maximum absolute atomic E-state index is 11.4. The molecule has 2 aliphatic rings. The zero-order chi connectivity index (χ0) is 15.0. The first kappa shape index (κ1) is 14.7. The Kier molecular flexibility index (Phi) is 4.08.